The van der Waals surface area contributed by atoms with Gasteiger partial charge in [-0.15, -0.1) is 0 Å². The Labute approximate surface area is 93.6 Å². The highest BCUT2D eigenvalue weighted by Crippen LogP contribution is 2.39. The molecule has 0 aliphatic heterocycles. The van der Waals surface area contributed by atoms with E-state index in [1.807, 2.05) is 0 Å². The molecule has 1 aromatic rings. The van der Waals surface area contributed by atoms with Crippen LogP contribution in [0.15, 0.2) is 40.4 Å². The second-order valence-electron chi connectivity index (χ2n) is 4.01. The number of benzene rings is 1. The van der Waals surface area contributed by atoms with Crippen LogP contribution in [-0.2, 0) is 0 Å². The van der Waals surface area contributed by atoms with Crippen molar-refractivity contribution in [3.8, 4) is 0 Å². The summed E-state index contributed by atoms with van der Waals surface area (Å²) in [7, 11) is 4.22. The minimum absolute atomic E-state index is 0.602. The van der Waals surface area contributed by atoms with Crippen LogP contribution >= 0.6 is 15.9 Å². The number of nitrogens with zero attached hydrogens (tertiary/aromatic N) is 1. The molecule has 0 fully saturated rings. The maximum atomic E-state index is 3.45. The van der Waals surface area contributed by atoms with Crippen LogP contribution in [0.5, 0.6) is 0 Å². The van der Waals surface area contributed by atoms with E-state index in [4.69, 9.17) is 0 Å². The highest BCUT2D eigenvalue weighted by Gasteiger charge is 2.25. The molecule has 1 aliphatic carbocycles. The number of allylic oxidation sites excluding steroid dienone is 1. The molecule has 14 heavy (non-hydrogen) atoms. The lowest BCUT2D eigenvalue weighted by Gasteiger charge is -2.07. The summed E-state index contributed by atoms with van der Waals surface area (Å²) in [4.78, 5) is 2.21. The quantitative estimate of drug-likeness (QED) is 0.747. The van der Waals surface area contributed by atoms with Crippen LogP contribution in [0.1, 0.15) is 11.5 Å². The minimum Gasteiger partial charge on any atom is -0.305 e. The van der Waals surface area contributed by atoms with E-state index in [-0.39, 0.29) is 0 Å². The lowest BCUT2D eigenvalue weighted by atomic mass is 10.1. The van der Waals surface area contributed by atoms with Gasteiger partial charge in [-0.1, -0.05) is 34.1 Å². The molecule has 0 bridgehead atoms. The van der Waals surface area contributed by atoms with Crippen molar-refractivity contribution < 1.29 is 0 Å². The average molecular weight is 252 g/mol. The third kappa shape index (κ3) is 2.25. The Bertz CT molecular complexity index is 351. The van der Waals surface area contributed by atoms with E-state index in [0.717, 1.165) is 11.0 Å². The molecule has 0 saturated carbocycles. The standard InChI is InChI=1S/C12H14BrN/c1-14(2)8-10-7-12(10)9-3-5-11(13)6-4-9/h3-7,12H,8H2,1-2H3. The van der Waals surface area contributed by atoms with Crippen molar-refractivity contribution >= 4 is 15.9 Å². The third-order valence-corrected chi connectivity index (χ3v) is 2.93. The molecule has 74 valence electrons. The summed E-state index contributed by atoms with van der Waals surface area (Å²) in [6.45, 7) is 1.08. The van der Waals surface area contributed by atoms with Crippen molar-refractivity contribution in [1.82, 2.24) is 4.90 Å². The summed E-state index contributed by atoms with van der Waals surface area (Å²) in [5, 5.41) is 0. The minimum atomic E-state index is 0.602. The van der Waals surface area contributed by atoms with Gasteiger partial charge in [-0.3, -0.25) is 0 Å². The maximum absolute atomic E-state index is 3.45. The molecule has 2 rings (SSSR count). The predicted molar refractivity (Wildman–Crippen MR) is 63.5 cm³/mol. The Kier molecular flexibility index (Phi) is 2.75. The normalized spacial score (nSPS) is 19.7. The van der Waals surface area contributed by atoms with Crippen molar-refractivity contribution in [2.24, 2.45) is 0 Å². The van der Waals surface area contributed by atoms with Gasteiger partial charge < -0.3 is 4.90 Å². The molecular weight excluding hydrogens is 238 g/mol. The summed E-state index contributed by atoms with van der Waals surface area (Å²) in [6.07, 6.45) is 2.34. The molecule has 0 amide bonds. The largest absolute Gasteiger partial charge is 0.305 e. The Morgan fingerprint density at radius 1 is 1.21 bits per heavy atom. The third-order valence-electron chi connectivity index (χ3n) is 2.40. The highest BCUT2D eigenvalue weighted by atomic mass is 79.9. The molecule has 1 nitrogen and oxygen atoms in total. The van der Waals surface area contributed by atoms with E-state index in [1.54, 1.807) is 0 Å². The summed E-state index contributed by atoms with van der Waals surface area (Å²) < 4.78 is 1.15. The molecule has 1 aliphatic rings. The first kappa shape index (κ1) is 9.94. The van der Waals surface area contributed by atoms with Crippen LogP contribution in [-0.4, -0.2) is 25.5 Å². The maximum Gasteiger partial charge on any atom is 0.0244 e. The molecule has 0 aromatic heterocycles. The SMILES string of the molecule is CN(C)CC1=CC1c1ccc(Br)cc1. The second-order valence-corrected chi connectivity index (χ2v) is 4.92. The Balaban J connectivity index is 1.97. The molecule has 1 atom stereocenters. The smallest absolute Gasteiger partial charge is 0.0244 e. The number of rotatable bonds is 3. The van der Waals surface area contributed by atoms with E-state index in [2.05, 4.69) is 65.3 Å². The van der Waals surface area contributed by atoms with Crippen molar-refractivity contribution in [2.75, 3.05) is 20.6 Å². The van der Waals surface area contributed by atoms with Gasteiger partial charge >= 0.3 is 0 Å². The van der Waals surface area contributed by atoms with Gasteiger partial charge in [0.2, 0.25) is 0 Å². The van der Waals surface area contributed by atoms with Crippen LogP contribution in [0, 0.1) is 0 Å². The number of likely N-dealkylation sites (N-methyl/N-ethyl adjacent to an activating group) is 1. The number of hydrogen-bond donors (Lipinski definition) is 0. The van der Waals surface area contributed by atoms with Gasteiger partial charge in [0.1, 0.15) is 0 Å². The van der Waals surface area contributed by atoms with E-state index < -0.39 is 0 Å². The van der Waals surface area contributed by atoms with Crippen LogP contribution in [0.4, 0.5) is 0 Å². The van der Waals surface area contributed by atoms with Crippen LogP contribution in [0.2, 0.25) is 0 Å². The highest BCUT2D eigenvalue weighted by molar-refractivity contribution is 9.10. The van der Waals surface area contributed by atoms with Crippen LogP contribution in [0.3, 0.4) is 0 Å². The van der Waals surface area contributed by atoms with E-state index >= 15 is 0 Å². The van der Waals surface area contributed by atoms with Crippen molar-refractivity contribution in [3.05, 3.63) is 46.0 Å². The summed E-state index contributed by atoms with van der Waals surface area (Å²) >= 11 is 3.45. The summed E-state index contributed by atoms with van der Waals surface area (Å²) in [5.74, 6) is 0.602. The fraction of sp³-hybridized carbons (Fsp3) is 0.333. The molecule has 1 aromatic carbocycles. The number of hydrogen-bond acceptors (Lipinski definition) is 1. The van der Waals surface area contributed by atoms with Crippen LogP contribution in [0.25, 0.3) is 0 Å². The van der Waals surface area contributed by atoms with Gasteiger partial charge in [-0.2, -0.15) is 0 Å². The van der Waals surface area contributed by atoms with Gasteiger partial charge in [-0.25, -0.2) is 0 Å². The van der Waals surface area contributed by atoms with Gasteiger partial charge in [0.25, 0.3) is 0 Å². The molecule has 2 heteroatoms. The molecule has 0 heterocycles. The molecular formula is C12H14BrN. The zero-order valence-electron chi connectivity index (χ0n) is 8.50. The molecule has 0 spiro atoms. The Hall–Kier alpha value is -0.600. The first-order valence-electron chi connectivity index (χ1n) is 4.77. The lowest BCUT2D eigenvalue weighted by molar-refractivity contribution is 0.447. The average Bonchev–Trinajstić information content (AvgIpc) is 2.84. The van der Waals surface area contributed by atoms with Gasteiger partial charge in [-0.05, 0) is 37.4 Å². The topological polar surface area (TPSA) is 3.24 Å². The van der Waals surface area contributed by atoms with Gasteiger partial charge in [0.05, 0.1) is 0 Å². The van der Waals surface area contributed by atoms with Crippen molar-refractivity contribution in [1.29, 1.82) is 0 Å². The van der Waals surface area contributed by atoms with Crippen molar-refractivity contribution in [3.63, 3.8) is 0 Å². The monoisotopic (exact) mass is 251 g/mol. The first-order valence-corrected chi connectivity index (χ1v) is 5.57. The lowest BCUT2D eigenvalue weighted by Crippen LogP contribution is -2.12. The first-order chi connectivity index (χ1) is 6.66. The van der Waals surface area contributed by atoms with E-state index in [9.17, 15) is 0 Å². The van der Waals surface area contributed by atoms with Crippen LogP contribution < -0.4 is 0 Å². The zero-order chi connectivity index (χ0) is 10.1. The fourth-order valence-electron chi connectivity index (χ4n) is 1.66. The zero-order valence-corrected chi connectivity index (χ0v) is 10.1. The van der Waals surface area contributed by atoms with E-state index in [1.165, 1.54) is 11.1 Å². The molecule has 1 unspecified atom stereocenters. The molecule has 0 saturated heterocycles. The fourth-order valence-corrected chi connectivity index (χ4v) is 1.93. The predicted octanol–water partition coefficient (Wildman–Crippen LogP) is 3.03. The Morgan fingerprint density at radius 3 is 2.43 bits per heavy atom. The van der Waals surface area contributed by atoms with Gasteiger partial charge in [0, 0.05) is 16.9 Å². The van der Waals surface area contributed by atoms with Gasteiger partial charge in [0.15, 0.2) is 0 Å². The molecule has 0 N–H and O–H groups in total. The number of halogens is 1. The van der Waals surface area contributed by atoms with Crippen molar-refractivity contribution in [2.45, 2.75) is 5.92 Å². The second kappa shape index (κ2) is 3.87. The summed E-state index contributed by atoms with van der Waals surface area (Å²) in [5.41, 5.74) is 2.95. The van der Waals surface area contributed by atoms with E-state index in [0.29, 0.717) is 5.92 Å². The summed E-state index contributed by atoms with van der Waals surface area (Å²) in [6, 6.07) is 8.59. The Morgan fingerprint density at radius 2 is 1.86 bits per heavy atom. The molecule has 0 radical (unpaired) electrons.